The van der Waals surface area contributed by atoms with Gasteiger partial charge in [-0.1, -0.05) is 47.5 Å². The van der Waals surface area contributed by atoms with Crippen LogP contribution in [0.5, 0.6) is 5.75 Å². The van der Waals surface area contributed by atoms with Crippen LogP contribution >= 0.6 is 23.2 Å². The number of benzene rings is 2. The SMILES string of the molecule is O=C(Oc1ccccc1)C1CCN(S(=O)(=O)c2cccc(Cl)c2Cl)CC1. The van der Waals surface area contributed by atoms with Crippen LogP contribution in [0.15, 0.2) is 53.4 Å². The van der Waals surface area contributed by atoms with Gasteiger partial charge in [-0.15, -0.1) is 0 Å². The fraction of sp³-hybridized carbons (Fsp3) is 0.278. The van der Waals surface area contributed by atoms with Gasteiger partial charge in [-0.25, -0.2) is 8.42 Å². The van der Waals surface area contributed by atoms with Gasteiger partial charge in [0.15, 0.2) is 0 Å². The Labute approximate surface area is 162 Å². The van der Waals surface area contributed by atoms with Gasteiger partial charge in [0.05, 0.1) is 16.0 Å². The summed E-state index contributed by atoms with van der Waals surface area (Å²) >= 11 is 12.0. The molecule has 0 unspecified atom stereocenters. The van der Waals surface area contributed by atoms with Gasteiger partial charge in [0, 0.05) is 13.1 Å². The van der Waals surface area contributed by atoms with Gasteiger partial charge < -0.3 is 4.74 Å². The van der Waals surface area contributed by atoms with Gasteiger partial charge in [0.2, 0.25) is 10.0 Å². The Hall–Kier alpha value is -1.60. The number of sulfonamides is 1. The Morgan fingerprint density at radius 3 is 2.31 bits per heavy atom. The third-order valence-electron chi connectivity index (χ3n) is 4.28. The first-order valence-electron chi connectivity index (χ1n) is 8.10. The van der Waals surface area contributed by atoms with Crippen LogP contribution in [0.25, 0.3) is 0 Å². The number of esters is 1. The monoisotopic (exact) mass is 413 g/mol. The van der Waals surface area contributed by atoms with E-state index in [0.29, 0.717) is 18.6 Å². The molecule has 0 aliphatic carbocycles. The molecule has 26 heavy (non-hydrogen) atoms. The van der Waals surface area contributed by atoms with E-state index < -0.39 is 10.0 Å². The van der Waals surface area contributed by atoms with E-state index in [1.807, 2.05) is 6.07 Å². The smallest absolute Gasteiger partial charge is 0.314 e. The zero-order chi connectivity index (χ0) is 18.7. The third-order valence-corrected chi connectivity index (χ3v) is 7.15. The second-order valence-corrected chi connectivity index (χ2v) is 8.66. The fourth-order valence-electron chi connectivity index (χ4n) is 2.84. The van der Waals surface area contributed by atoms with Gasteiger partial charge in [-0.05, 0) is 37.1 Å². The third kappa shape index (κ3) is 4.04. The number of nitrogens with zero attached hydrogens (tertiary/aromatic N) is 1. The van der Waals surface area contributed by atoms with E-state index in [-0.39, 0.29) is 39.9 Å². The van der Waals surface area contributed by atoms with Gasteiger partial charge >= 0.3 is 5.97 Å². The van der Waals surface area contributed by atoms with E-state index in [1.54, 1.807) is 30.3 Å². The summed E-state index contributed by atoms with van der Waals surface area (Å²) in [6.07, 6.45) is 0.784. The average Bonchev–Trinajstić information content (AvgIpc) is 2.64. The predicted molar refractivity (Wildman–Crippen MR) is 100 cm³/mol. The topological polar surface area (TPSA) is 63.7 Å². The van der Waals surface area contributed by atoms with Crippen molar-refractivity contribution in [2.75, 3.05) is 13.1 Å². The summed E-state index contributed by atoms with van der Waals surface area (Å²) in [5, 5.41) is 0.203. The Bertz CT molecular complexity index is 895. The molecule has 0 bridgehead atoms. The standard InChI is InChI=1S/C18H17Cl2NO4S/c19-15-7-4-8-16(17(15)20)26(23,24)21-11-9-13(10-12-21)18(22)25-14-5-2-1-3-6-14/h1-8,13H,9-12H2. The van der Waals surface area contributed by atoms with E-state index in [9.17, 15) is 13.2 Å². The Kier molecular flexibility index (Phi) is 5.87. The Morgan fingerprint density at radius 2 is 1.65 bits per heavy atom. The first-order valence-corrected chi connectivity index (χ1v) is 10.3. The van der Waals surface area contributed by atoms with E-state index in [2.05, 4.69) is 0 Å². The molecule has 2 aromatic carbocycles. The van der Waals surface area contributed by atoms with Gasteiger partial charge in [0.1, 0.15) is 10.6 Å². The first-order chi connectivity index (χ1) is 12.4. The normalized spacial score (nSPS) is 16.4. The molecule has 0 saturated carbocycles. The van der Waals surface area contributed by atoms with Gasteiger partial charge in [-0.2, -0.15) is 4.31 Å². The highest BCUT2D eigenvalue weighted by Crippen LogP contribution is 2.32. The quantitative estimate of drug-likeness (QED) is 0.561. The Balaban J connectivity index is 1.66. The van der Waals surface area contributed by atoms with Crippen LogP contribution in [0.4, 0.5) is 0 Å². The molecule has 0 amide bonds. The van der Waals surface area contributed by atoms with Crippen LogP contribution in [0.2, 0.25) is 10.0 Å². The van der Waals surface area contributed by atoms with Crippen LogP contribution in [0.1, 0.15) is 12.8 Å². The molecule has 2 aromatic rings. The largest absolute Gasteiger partial charge is 0.426 e. The summed E-state index contributed by atoms with van der Waals surface area (Å²) in [4.78, 5) is 12.2. The lowest BCUT2D eigenvalue weighted by Gasteiger charge is -2.30. The molecule has 0 radical (unpaired) electrons. The zero-order valence-corrected chi connectivity index (χ0v) is 16.1. The number of para-hydroxylation sites is 1. The predicted octanol–water partition coefficient (Wildman–Crippen LogP) is 4.00. The van der Waals surface area contributed by atoms with E-state index in [0.717, 1.165) is 0 Å². The molecule has 0 spiro atoms. The second-order valence-electron chi connectivity index (χ2n) is 5.96. The van der Waals surface area contributed by atoms with Crippen LogP contribution in [-0.4, -0.2) is 31.8 Å². The molecule has 0 N–H and O–H groups in total. The number of halogens is 2. The summed E-state index contributed by atoms with van der Waals surface area (Å²) < 4.78 is 32.3. The summed E-state index contributed by atoms with van der Waals surface area (Å²) in [5.74, 6) is -0.191. The number of hydrogen-bond acceptors (Lipinski definition) is 4. The van der Waals surface area contributed by atoms with Crippen molar-refractivity contribution in [1.29, 1.82) is 0 Å². The number of hydrogen-bond donors (Lipinski definition) is 0. The highest BCUT2D eigenvalue weighted by molar-refractivity contribution is 7.89. The van der Waals surface area contributed by atoms with Crippen molar-refractivity contribution in [1.82, 2.24) is 4.31 Å². The molecule has 1 fully saturated rings. The number of carbonyl (C=O) groups is 1. The van der Waals surface area contributed by atoms with E-state index in [4.69, 9.17) is 27.9 Å². The highest BCUT2D eigenvalue weighted by Gasteiger charge is 2.34. The van der Waals surface area contributed by atoms with Crippen molar-refractivity contribution in [3.63, 3.8) is 0 Å². The first kappa shape index (κ1) is 19.2. The zero-order valence-electron chi connectivity index (χ0n) is 13.8. The van der Waals surface area contributed by atoms with Crippen LogP contribution in [-0.2, 0) is 14.8 Å². The van der Waals surface area contributed by atoms with E-state index in [1.165, 1.54) is 16.4 Å². The molecule has 1 saturated heterocycles. The molecule has 3 rings (SSSR count). The van der Waals surface area contributed by atoms with Crippen molar-refractivity contribution >= 4 is 39.2 Å². The minimum Gasteiger partial charge on any atom is -0.426 e. The van der Waals surface area contributed by atoms with Crippen LogP contribution in [0.3, 0.4) is 0 Å². The molecular weight excluding hydrogens is 397 g/mol. The van der Waals surface area contributed by atoms with Crippen molar-refractivity contribution in [2.45, 2.75) is 17.7 Å². The van der Waals surface area contributed by atoms with Gasteiger partial charge in [0.25, 0.3) is 0 Å². The maximum absolute atomic E-state index is 12.8. The molecule has 8 heteroatoms. The van der Waals surface area contributed by atoms with Crippen molar-refractivity contribution in [2.24, 2.45) is 5.92 Å². The molecular formula is C18H17Cl2NO4S. The minimum absolute atomic E-state index is 0.0137. The lowest BCUT2D eigenvalue weighted by molar-refractivity contribution is -0.140. The molecule has 0 atom stereocenters. The lowest BCUT2D eigenvalue weighted by Crippen LogP contribution is -2.41. The van der Waals surface area contributed by atoms with Crippen molar-refractivity contribution < 1.29 is 17.9 Å². The van der Waals surface area contributed by atoms with Crippen molar-refractivity contribution in [3.8, 4) is 5.75 Å². The van der Waals surface area contributed by atoms with Crippen molar-refractivity contribution in [3.05, 3.63) is 58.6 Å². The highest BCUT2D eigenvalue weighted by atomic mass is 35.5. The van der Waals surface area contributed by atoms with E-state index >= 15 is 0 Å². The summed E-state index contributed by atoms with van der Waals surface area (Å²) in [6.45, 7) is 0.444. The van der Waals surface area contributed by atoms with Crippen LogP contribution < -0.4 is 4.74 Å². The summed E-state index contributed by atoms with van der Waals surface area (Å²) in [7, 11) is -3.76. The maximum Gasteiger partial charge on any atom is 0.314 e. The average molecular weight is 414 g/mol. The number of carbonyl (C=O) groups excluding carboxylic acids is 1. The second kappa shape index (κ2) is 7.96. The molecule has 1 heterocycles. The maximum atomic E-state index is 12.8. The lowest BCUT2D eigenvalue weighted by atomic mass is 9.98. The summed E-state index contributed by atoms with van der Waals surface area (Å²) in [5.41, 5.74) is 0. The Morgan fingerprint density at radius 1 is 1.00 bits per heavy atom. The minimum atomic E-state index is -3.76. The number of piperidine rings is 1. The number of rotatable bonds is 4. The van der Waals surface area contributed by atoms with Gasteiger partial charge in [-0.3, -0.25) is 4.79 Å². The molecule has 1 aliphatic rings. The van der Waals surface area contributed by atoms with Crippen LogP contribution in [0, 0.1) is 5.92 Å². The molecule has 5 nitrogen and oxygen atoms in total. The molecule has 0 aromatic heterocycles. The number of ether oxygens (including phenoxy) is 1. The fourth-order valence-corrected chi connectivity index (χ4v) is 5.05. The summed E-state index contributed by atoms with van der Waals surface area (Å²) in [6, 6.07) is 13.3. The molecule has 138 valence electrons. The molecule has 1 aliphatic heterocycles.